The number of aliphatic hydroxyl groups is 1. The zero-order chi connectivity index (χ0) is 16.2. The van der Waals surface area contributed by atoms with Gasteiger partial charge in [-0.15, -0.1) is 0 Å². The van der Waals surface area contributed by atoms with Crippen molar-refractivity contribution in [1.29, 1.82) is 0 Å². The molecule has 0 aliphatic rings. The molecule has 0 radical (unpaired) electrons. The van der Waals surface area contributed by atoms with Crippen LogP contribution in [0.15, 0.2) is 66.7 Å². The van der Waals surface area contributed by atoms with E-state index >= 15 is 0 Å². The molecule has 0 unspecified atom stereocenters. The lowest BCUT2D eigenvalue weighted by molar-refractivity contribution is 0.140. The van der Waals surface area contributed by atoms with E-state index in [2.05, 4.69) is 17.4 Å². The van der Waals surface area contributed by atoms with Gasteiger partial charge in [0.1, 0.15) is 5.82 Å². The number of hydrogen-bond donors (Lipinski definition) is 2. The van der Waals surface area contributed by atoms with Crippen molar-refractivity contribution in [2.75, 3.05) is 13.6 Å². The molecule has 3 heteroatoms. The Morgan fingerprint density at radius 2 is 1.65 bits per heavy atom. The lowest BCUT2D eigenvalue weighted by Gasteiger charge is -2.24. The van der Waals surface area contributed by atoms with Crippen molar-refractivity contribution < 1.29 is 9.50 Å². The Balaban J connectivity index is 2.01. The molecule has 0 spiro atoms. The number of hydrogen-bond acceptors (Lipinski definition) is 2. The molecule has 23 heavy (non-hydrogen) atoms. The van der Waals surface area contributed by atoms with Gasteiger partial charge in [0.15, 0.2) is 0 Å². The van der Waals surface area contributed by atoms with Crippen molar-refractivity contribution in [2.45, 2.75) is 12.0 Å². The number of benzene rings is 3. The Hall–Kier alpha value is -2.23. The van der Waals surface area contributed by atoms with Gasteiger partial charge in [-0.1, -0.05) is 60.7 Å². The highest BCUT2D eigenvalue weighted by molar-refractivity contribution is 5.83. The van der Waals surface area contributed by atoms with E-state index < -0.39 is 6.10 Å². The summed E-state index contributed by atoms with van der Waals surface area (Å²) in [7, 11) is 1.84. The van der Waals surface area contributed by atoms with Gasteiger partial charge in [-0.25, -0.2) is 4.39 Å². The number of rotatable bonds is 5. The minimum absolute atomic E-state index is 0.221. The van der Waals surface area contributed by atoms with E-state index in [4.69, 9.17) is 0 Å². The zero-order valence-corrected chi connectivity index (χ0v) is 13.0. The Labute approximate surface area is 135 Å². The van der Waals surface area contributed by atoms with Crippen molar-refractivity contribution in [3.8, 4) is 0 Å². The largest absolute Gasteiger partial charge is 0.388 e. The van der Waals surface area contributed by atoms with E-state index in [0.29, 0.717) is 12.1 Å². The predicted molar refractivity (Wildman–Crippen MR) is 92.0 cm³/mol. The van der Waals surface area contributed by atoms with Crippen LogP contribution in [0.25, 0.3) is 10.8 Å². The van der Waals surface area contributed by atoms with E-state index in [1.165, 1.54) is 6.07 Å². The van der Waals surface area contributed by atoms with Gasteiger partial charge in [-0.05, 0) is 29.4 Å². The highest BCUT2D eigenvalue weighted by Gasteiger charge is 2.24. The fourth-order valence-corrected chi connectivity index (χ4v) is 3.00. The molecule has 2 atom stereocenters. The first-order chi connectivity index (χ1) is 11.2. The van der Waals surface area contributed by atoms with Crippen molar-refractivity contribution >= 4 is 10.8 Å². The standard InChI is InChI=1S/C20H20FNO/c1-22-13-18(20(23)17-8-4-5-9-19(17)21)16-11-10-14-6-2-3-7-15(14)12-16/h2-12,18,20,22-23H,13H2,1H3/t18-,20+/m1/s1. The van der Waals surface area contributed by atoms with Crippen LogP contribution in [-0.4, -0.2) is 18.7 Å². The van der Waals surface area contributed by atoms with Crippen molar-refractivity contribution in [2.24, 2.45) is 0 Å². The predicted octanol–water partition coefficient (Wildman–Crippen LogP) is 4.02. The molecule has 0 aromatic heterocycles. The third-order valence-corrected chi connectivity index (χ3v) is 4.23. The van der Waals surface area contributed by atoms with E-state index in [-0.39, 0.29) is 11.7 Å². The first-order valence-corrected chi connectivity index (χ1v) is 7.76. The Morgan fingerprint density at radius 1 is 0.957 bits per heavy atom. The Kier molecular flexibility index (Phi) is 4.70. The molecule has 3 aromatic carbocycles. The SMILES string of the molecule is CNC[C@H](c1ccc2ccccc2c1)[C@@H](O)c1ccccc1F. The van der Waals surface area contributed by atoms with Crippen molar-refractivity contribution in [1.82, 2.24) is 5.32 Å². The second-order valence-corrected chi connectivity index (χ2v) is 5.74. The van der Waals surface area contributed by atoms with Gasteiger partial charge in [0.25, 0.3) is 0 Å². The molecule has 0 aliphatic carbocycles. The molecule has 3 aromatic rings. The first-order valence-electron chi connectivity index (χ1n) is 7.76. The van der Waals surface area contributed by atoms with Crippen LogP contribution in [-0.2, 0) is 0 Å². The molecule has 118 valence electrons. The van der Waals surface area contributed by atoms with Gasteiger partial charge >= 0.3 is 0 Å². The van der Waals surface area contributed by atoms with Crippen LogP contribution >= 0.6 is 0 Å². The van der Waals surface area contributed by atoms with Gasteiger partial charge in [-0.2, -0.15) is 0 Å². The van der Waals surface area contributed by atoms with Crippen molar-refractivity contribution in [3.05, 3.63) is 83.7 Å². The van der Waals surface area contributed by atoms with Crippen LogP contribution in [0.1, 0.15) is 23.1 Å². The highest BCUT2D eigenvalue weighted by atomic mass is 19.1. The van der Waals surface area contributed by atoms with E-state index in [1.54, 1.807) is 18.2 Å². The summed E-state index contributed by atoms with van der Waals surface area (Å²) in [6, 6.07) is 20.6. The van der Waals surface area contributed by atoms with E-state index in [9.17, 15) is 9.50 Å². The molecule has 0 saturated carbocycles. The van der Waals surface area contributed by atoms with Gasteiger partial charge < -0.3 is 10.4 Å². The molecule has 0 heterocycles. The van der Waals surface area contributed by atoms with Crippen LogP contribution in [0.3, 0.4) is 0 Å². The summed E-state index contributed by atoms with van der Waals surface area (Å²) in [6.45, 7) is 0.563. The minimum Gasteiger partial charge on any atom is -0.388 e. The molecular formula is C20H20FNO. The summed E-state index contributed by atoms with van der Waals surface area (Å²) in [5, 5.41) is 16.1. The van der Waals surface area contributed by atoms with Crippen LogP contribution in [0.2, 0.25) is 0 Å². The van der Waals surface area contributed by atoms with Gasteiger partial charge in [0, 0.05) is 18.0 Å². The van der Waals surface area contributed by atoms with E-state index in [0.717, 1.165) is 16.3 Å². The van der Waals surface area contributed by atoms with Crippen LogP contribution < -0.4 is 5.32 Å². The third-order valence-electron chi connectivity index (χ3n) is 4.23. The summed E-state index contributed by atoms with van der Waals surface area (Å²) in [5.74, 6) is -0.594. The van der Waals surface area contributed by atoms with Crippen LogP contribution in [0, 0.1) is 5.82 Å². The molecule has 0 saturated heterocycles. The average Bonchev–Trinajstić information content (AvgIpc) is 2.59. The number of likely N-dealkylation sites (N-methyl/N-ethyl adjacent to an activating group) is 1. The average molecular weight is 309 g/mol. The number of aliphatic hydroxyl groups excluding tert-OH is 1. The fraction of sp³-hybridized carbons (Fsp3) is 0.200. The van der Waals surface area contributed by atoms with Gasteiger partial charge in [0.05, 0.1) is 6.10 Å². The summed E-state index contributed by atoms with van der Waals surface area (Å²) in [5.41, 5.74) is 1.33. The van der Waals surface area contributed by atoms with Crippen LogP contribution in [0.4, 0.5) is 4.39 Å². The smallest absolute Gasteiger partial charge is 0.129 e. The molecule has 0 amide bonds. The Morgan fingerprint density at radius 3 is 2.39 bits per heavy atom. The number of halogens is 1. The lowest BCUT2D eigenvalue weighted by Crippen LogP contribution is -2.23. The number of fused-ring (bicyclic) bond motifs is 1. The third kappa shape index (κ3) is 3.26. The second kappa shape index (κ2) is 6.90. The molecule has 0 aliphatic heterocycles. The topological polar surface area (TPSA) is 32.3 Å². The highest BCUT2D eigenvalue weighted by Crippen LogP contribution is 2.33. The van der Waals surface area contributed by atoms with Crippen molar-refractivity contribution in [3.63, 3.8) is 0 Å². The molecular weight excluding hydrogens is 289 g/mol. The maximum atomic E-state index is 14.0. The maximum Gasteiger partial charge on any atom is 0.129 e. The van der Waals surface area contributed by atoms with Gasteiger partial charge in [0.2, 0.25) is 0 Å². The Bertz CT molecular complexity index is 802. The summed E-state index contributed by atoms with van der Waals surface area (Å²) < 4.78 is 14.0. The summed E-state index contributed by atoms with van der Waals surface area (Å²) >= 11 is 0. The maximum absolute atomic E-state index is 14.0. The normalized spacial score (nSPS) is 13.9. The minimum atomic E-state index is -0.898. The van der Waals surface area contributed by atoms with Gasteiger partial charge in [-0.3, -0.25) is 0 Å². The summed E-state index contributed by atoms with van der Waals surface area (Å²) in [6.07, 6.45) is -0.898. The second-order valence-electron chi connectivity index (χ2n) is 5.74. The summed E-state index contributed by atoms with van der Waals surface area (Å²) in [4.78, 5) is 0. The monoisotopic (exact) mass is 309 g/mol. The number of nitrogens with one attached hydrogen (secondary N) is 1. The molecule has 0 bridgehead atoms. The van der Waals surface area contributed by atoms with Crippen LogP contribution in [0.5, 0.6) is 0 Å². The van der Waals surface area contributed by atoms with E-state index in [1.807, 2.05) is 37.4 Å². The fourth-order valence-electron chi connectivity index (χ4n) is 3.00. The molecule has 0 fully saturated rings. The molecule has 2 nitrogen and oxygen atoms in total. The quantitative estimate of drug-likeness (QED) is 0.746. The lowest BCUT2D eigenvalue weighted by atomic mass is 9.87. The molecule has 2 N–H and O–H groups in total. The first kappa shape index (κ1) is 15.7. The zero-order valence-electron chi connectivity index (χ0n) is 13.0. The molecule has 3 rings (SSSR count).